The van der Waals surface area contributed by atoms with Crippen molar-refractivity contribution in [2.24, 2.45) is 4.99 Å². The molecule has 0 aliphatic carbocycles. The second-order valence-electron chi connectivity index (χ2n) is 7.54. The van der Waals surface area contributed by atoms with Gasteiger partial charge in [0.2, 0.25) is 0 Å². The van der Waals surface area contributed by atoms with E-state index in [-0.39, 0.29) is 6.10 Å². The van der Waals surface area contributed by atoms with E-state index < -0.39 is 6.10 Å². The Labute approximate surface area is 184 Å². The van der Waals surface area contributed by atoms with Gasteiger partial charge in [0.1, 0.15) is 11.5 Å². The first-order chi connectivity index (χ1) is 15.1. The maximum Gasteiger partial charge on any atom is 0.191 e. The number of guanidine groups is 1. The van der Waals surface area contributed by atoms with Gasteiger partial charge in [0.05, 0.1) is 25.0 Å². The fraction of sp³-hybridized carbons (Fsp3) is 0.320. The molecule has 0 fully saturated rings. The summed E-state index contributed by atoms with van der Waals surface area (Å²) < 4.78 is 11.0. The molecular weight excluding hydrogens is 390 g/mol. The van der Waals surface area contributed by atoms with E-state index in [0.717, 1.165) is 29.1 Å². The first kappa shape index (κ1) is 22.4. The van der Waals surface area contributed by atoms with Crippen molar-refractivity contribution in [1.82, 2.24) is 10.6 Å². The topological polar surface area (TPSA) is 79.0 Å². The molecule has 6 nitrogen and oxygen atoms in total. The number of aliphatic hydroxyl groups excluding tert-OH is 1. The van der Waals surface area contributed by atoms with Gasteiger partial charge in [-0.25, -0.2) is 4.99 Å². The minimum Gasteiger partial charge on any atom is -0.491 e. The zero-order valence-corrected chi connectivity index (χ0v) is 18.1. The van der Waals surface area contributed by atoms with Crippen LogP contribution in [-0.2, 0) is 13.0 Å². The van der Waals surface area contributed by atoms with Gasteiger partial charge in [0, 0.05) is 19.5 Å². The van der Waals surface area contributed by atoms with E-state index in [1.165, 1.54) is 0 Å². The first-order valence-electron chi connectivity index (χ1n) is 10.6. The molecule has 0 radical (unpaired) electrons. The van der Waals surface area contributed by atoms with Crippen molar-refractivity contribution in [3.05, 3.63) is 89.9 Å². The monoisotopic (exact) mass is 421 g/mol. The lowest BCUT2D eigenvalue weighted by molar-refractivity contribution is 0.180. The Morgan fingerprint density at radius 2 is 1.77 bits per heavy atom. The first-order valence-corrected chi connectivity index (χ1v) is 10.6. The van der Waals surface area contributed by atoms with Gasteiger partial charge in [0.15, 0.2) is 5.96 Å². The molecule has 1 atom stereocenters. The molecule has 0 saturated carbocycles. The molecule has 1 aromatic heterocycles. The largest absolute Gasteiger partial charge is 0.491 e. The third kappa shape index (κ3) is 7.83. The number of nitrogens with one attached hydrogen (secondary N) is 2. The summed E-state index contributed by atoms with van der Waals surface area (Å²) in [6, 6.07) is 21.4. The molecule has 164 valence electrons. The van der Waals surface area contributed by atoms with Gasteiger partial charge in [-0.3, -0.25) is 0 Å². The van der Waals surface area contributed by atoms with E-state index in [0.29, 0.717) is 25.6 Å². The van der Waals surface area contributed by atoms with Crippen LogP contribution in [0.15, 0.2) is 82.4 Å². The molecular formula is C25H31N3O3. The Balaban J connectivity index is 1.57. The van der Waals surface area contributed by atoms with E-state index in [1.807, 2.05) is 80.6 Å². The van der Waals surface area contributed by atoms with Crippen molar-refractivity contribution in [2.75, 3.05) is 13.1 Å². The molecule has 3 N–H and O–H groups in total. The van der Waals surface area contributed by atoms with Crippen LogP contribution in [0.3, 0.4) is 0 Å². The van der Waals surface area contributed by atoms with Crippen LogP contribution in [0.2, 0.25) is 0 Å². The van der Waals surface area contributed by atoms with Gasteiger partial charge >= 0.3 is 0 Å². The average Bonchev–Trinajstić information content (AvgIpc) is 3.29. The minimum absolute atomic E-state index is 0.119. The summed E-state index contributed by atoms with van der Waals surface area (Å²) >= 11 is 0. The predicted octanol–water partition coefficient (Wildman–Crippen LogP) is 4.08. The number of nitrogens with zero attached hydrogens (tertiary/aromatic N) is 1. The van der Waals surface area contributed by atoms with Crippen molar-refractivity contribution < 1.29 is 14.3 Å². The lowest BCUT2D eigenvalue weighted by atomic mass is 10.1. The number of ether oxygens (including phenoxy) is 1. The Kier molecular flexibility index (Phi) is 8.55. The van der Waals surface area contributed by atoms with Crippen LogP contribution < -0.4 is 15.4 Å². The van der Waals surface area contributed by atoms with E-state index >= 15 is 0 Å². The summed E-state index contributed by atoms with van der Waals surface area (Å²) in [5.74, 6) is 2.36. The lowest BCUT2D eigenvalue weighted by Crippen LogP contribution is -2.40. The Bertz CT molecular complexity index is 907. The minimum atomic E-state index is -0.665. The standard InChI is InChI=1S/C25H31N3O3/c1-19(2)31-23-12-10-21(11-13-23)24(29)18-28-25(26-15-14-22-9-6-16-30-22)27-17-20-7-4-3-5-8-20/h3-13,16,19,24,29H,14-15,17-18H2,1-2H3,(H2,26,27,28). The van der Waals surface area contributed by atoms with Crippen molar-refractivity contribution in [3.63, 3.8) is 0 Å². The van der Waals surface area contributed by atoms with E-state index in [1.54, 1.807) is 6.26 Å². The van der Waals surface area contributed by atoms with Crippen molar-refractivity contribution in [1.29, 1.82) is 0 Å². The molecule has 0 amide bonds. The second-order valence-corrected chi connectivity index (χ2v) is 7.54. The zero-order chi connectivity index (χ0) is 21.9. The molecule has 0 aliphatic rings. The number of hydrogen-bond acceptors (Lipinski definition) is 4. The fourth-order valence-corrected chi connectivity index (χ4v) is 3.04. The highest BCUT2D eigenvalue weighted by molar-refractivity contribution is 5.79. The highest BCUT2D eigenvalue weighted by atomic mass is 16.5. The van der Waals surface area contributed by atoms with Crippen LogP contribution >= 0.6 is 0 Å². The Hall–Kier alpha value is -3.25. The number of furan rings is 1. The molecule has 31 heavy (non-hydrogen) atoms. The predicted molar refractivity (Wildman–Crippen MR) is 123 cm³/mol. The van der Waals surface area contributed by atoms with Crippen LogP contribution in [0.25, 0.3) is 0 Å². The lowest BCUT2D eigenvalue weighted by Gasteiger charge is -2.17. The fourth-order valence-electron chi connectivity index (χ4n) is 3.04. The van der Waals surface area contributed by atoms with Gasteiger partial charge in [-0.15, -0.1) is 0 Å². The number of rotatable bonds is 10. The van der Waals surface area contributed by atoms with E-state index in [9.17, 15) is 5.11 Å². The van der Waals surface area contributed by atoms with Crippen LogP contribution in [-0.4, -0.2) is 30.3 Å². The van der Waals surface area contributed by atoms with Crippen LogP contribution in [0.1, 0.15) is 36.8 Å². The summed E-state index contributed by atoms with van der Waals surface area (Å²) in [4.78, 5) is 4.66. The van der Waals surface area contributed by atoms with Crippen molar-refractivity contribution in [3.8, 4) is 5.75 Å². The molecule has 3 rings (SSSR count). The van der Waals surface area contributed by atoms with Crippen LogP contribution in [0.5, 0.6) is 5.75 Å². The van der Waals surface area contributed by atoms with Crippen molar-refractivity contribution >= 4 is 5.96 Å². The highest BCUT2D eigenvalue weighted by Crippen LogP contribution is 2.18. The van der Waals surface area contributed by atoms with Crippen molar-refractivity contribution in [2.45, 2.75) is 39.0 Å². The third-order valence-electron chi connectivity index (χ3n) is 4.61. The van der Waals surface area contributed by atoms with Gasteiger partial charge in [-0.2, -0.15) is 0 Å². The number of benzene rings is 2. The summed E-state index contributed by atoms with van der Waals surface area (Å²) in [6.07, 6.45) is 1.88. The maximum atomic E-state index is 10.6. The van der Waals surface area contributed by atoms with Gasteiger partial charge < -0.3 is 24.9 Å². The molecule has 6 heteroatoms. The molecule has 0 aliphatic heterocycles. The molecule has 0 bridgehead atoms. The highest BCUT2D eigenvalue weighted by Gasteiger charge is 2.10. The quantitative estimate of drug-likeness (QED) is 0.340. The van der Waals surface area contributed by atoms with E-state index in [4.69, 9.17) is 9.15 Å². The Morgan fingerprint density at radius 1 is 1.00 bits per heavy atom. The average molecular weight is 422 g/mol. The van der Waals surface area contributed by atoms with Gasteiger partial charge in [0.25, 0.3) is 0 Å². The third-order valence-corrected chi connectivity index (χ3v) is 4.61. The summed E-state index contributed by atoms with van der Waals surface area (Å²) in [7, 11) is 0. The van der Waals surface area contributed by atoms with Gasteiger partial charge in [-0.1, -0.05) is 42.5 Å². The zero-order valence-electron chi connectivity index (χ0n) is 18.1. The molecule has 1 unspecified atom stereocenters. The number of aliphatic imine (C=N–C) groups is 1. The molecule has 0 saturated heterocycles. The van der Waals surface area contributed by atoms with Crippen LogP contribution in [0, 0.1) is 0 Å². The molecule has 3 aromatic rings. The summed E-state index contributed by atoms with van der Waals surface area (Å²) in [5, 5.41) is 17.2. The smallest absolute Gasteiger partial charge is 0.191 e. The van der Waals surface area contributed by atoms with Crippen LogP contribution in [0.4, 0.5) is 0 Å². The maximum absolute atomic E-state index is 10.6. The molecule has 0 spiro atoms. The summed E-state index contributed by atoms with van der Waals surface area (Å²) in [6.45, 7) is 5.54. The number of aliphatic hydroxyl groups is 1. The summed E-state index contributed by atoms with van der Waals surface area (Å²) in [5.41, 5.74) is 1.94. The van der Waals surface area contributed by atoms with Gasteiger partial charge in [-0.05, 0) is 49.2 Å². The molecule has 1 heterocycles. The SMILES string of the molecule is CC(C)Oc1ccc(C(O)CNC(=NCc2ccccc2)NCCc2ccco2)cc1. The Morgan fingerprint density at radius 3 is 2.45 bits per heavy atom. The number of hydrogen-bond donors (Lipinski definition) is 3. The van der Waals surface area contributed by atoms with E-state index in [2.05, 4.69) is 15.6 Å². The second kappa shape index (κ2) is 11.8. The normalized spacial score (nSPS) is 12.6. The molecule has 2 aromatic carbocycles.